The SMILES string of the molecule is O=c1ccn([C@H]2O[C@@H](CO[P+](=O)O)C(O)C2O)c(=O)[nH]1. The van der Waals surface area contributed by atoms with Crippen molar-refractivity contribution >= 4 is 8.25 Å². The average Bonchev–Trinajstić information content (AvgIpc) is 2.64. The van der Waals surface area contributed by atoms with Gasteiger partial charge in [0.05, 0.1) is 0 Å². The first-order valence-corrected chi connectivity index (χ1v) is 6.65. The zero-order valence-corrected chi connectivity index (χ0v) is 10.8. The third kappa shape index (κ3) is 3.01. The molecule has 3 unspecified atom stereocenters. The molecule has 0 spiro atoms. The Morgan fingerprint density at radius 2 is 2.10 bits per heavy atom. The van der Waals surface area contributed by atoms with E-state index >= 15 is 0 Å². The molecule has 110 valence electrons. The first-order valence-electron chi connectivity index (χ1n) is 5.52. The number of nitrogens with one attached hydrogen (secondary N) is 1. The van der Waals surface area contributed by atoms with Crippen molar-refractivity contribution in [1.29, 1.82) is 0 Å². The van der Waals surface area contributed by atoms with Gasteiger partial charge in [-0.05, 0) is 0 Å². The minimum absolute atomic E-state index is 0.432. The Hall–Kier alpha value is -1.42. The maximum Gasteiger partial charge on any atom is 0.694 e. The van der Waals surface area contributed by atoms with Crippen molar-refractivity contribution in [2.45, 2.75) is 24.5 Å². The van der Waals surface area contributed by atoms with Gasteiger partial charge in [-0.3, -0.25) is 14.3 Å². The molecule has 0 aliphatic carbocycles. The number of aromatic nitrogens is 2. The van der Waals surface area contributed by atoms with Crippen molar-refractivity contribution in [2.24, 2.45) is 0 Å². The van der Waals surface area contributed by atoms with Crippen LogP contribution in [0.1, 0.15) is 6.23 Å². The zero-order valence-electron chi connectivity index (χ0n) is 9.95. The van der Waals surface area contributed by atoms with Crippen molar-refractivity contribution in [3.8, 4) is 0 Å². The Morgan fingerprint density at radius 3 is 2.70 bits per heavy atom. The van der Waals surface area contributed by atoms with Gasteiger partial charge in [0.1, 0.15) is 24.9 Å². The monoisotopic (exact) mass is 307 g/mol. The number of ether oxygens (including phenoxy) is 1. The van der Waals surface area contributed by atoms with E-state index in [1.165, 1.54) is 0 Å². The molecule has 20 heavy (non-hydrogen) atoms. The Kier molecular flexibility index (Phi) is 4.43. The van der Waals surface area contributed by atoms with Crippen LogP contribution in [0.5, 0.6) is 0 Å². The van der Waals surface area contributed by atoms with Gasteiger partial charge < -0.3 is 14.9 Å². The summed E-state index contributed by atoms with van der Waals surface area (Å²) in [4.78, 5) is 33.0. The van der Waals surface area contributed by atoms with Crippen LogP contribution in [-0.4, -0.2) is 49.6 Å². The van der Waals surface area contributed by atoms with Crippen LogP contribution in [0.3, 0.4) is 0 Å². The first-order chi connectivity index (χ1) is 9.40. The highest BCUT2D eigenvalue weighted by molar-refractivity contribution is 7.32. The Morgan fingerprint density at radius 1 is 1.40 bits per heavy atom. The summed E-state index contributed by atoms with van der Waals surface area (Å²) in [7, 11) is -2.87. The molecule has 1 aromatic heterocycles. The number of aromatic amines is 1. The smallest absolute Gasteiger partial charge is 0.387 e. The molecule has 0 amide bonds. The van der Waals surface area contributed by atoms with Crippen LogP contribution >= 0.6 is 8.25 Å². The minimum atomic E-state index is -2.87. The van der Waals surface area contributed by atoms with Crippen LogP contribution in [0.4, 0.5) is 0 Å². The molecule has 0 bridgehead atoms. The van der Waals surface area contributed by atoms with Crippen LogP contribution in [0.2, 0.25) is 0 Å². The summed E-state index contributed by atoms with van der Waals surface area (Å²) in [6.07, 6.45) is -4.07. The number of hydrogen-bond acceptors (Lipinski definition) is 7. The third-order valence-electron chi connectivity index (χ3n) is 2.81. The number of H-pyrrole nitrogens is 1. The summed E-state index contributed by atoms with van der Waals surface area (Å²) in [5.41, 5.74) is -1.43. The highest BCUT2D eigenvalue weighted by Gasteiger charge is 2.45. The Bertz CT molecular complexity index is 612. The van der Waals surface area contributed by atoms with Crippen molar-refractivity contribution < 1.29 is 28.9 Å². The van der Waals surface area contributed by atoms with Gasteiger partial charge in [0, 0.05) is 16.8 Å². The average molecular weight is 307 g/mol. The molecular weight excluding hydrogens is 295 g/mol. The molecule has 0 aromatic carbocycles. The molecule has 5 atom stereocenters. The van der Waals surface area contributed by atoms with E-state index in [9.17, 15) is 24.4 Å². The van der Waals surface area contributed by atoms with Crippen molar-refractivity contribution in [3.63, 3.8) is 0 Å². The molecule has 10 nitrogen and oxygen atoms in total. The van der Waals surface area contributed by atoms with Crippen molar-refractivity contribution in [3.05, 3.63) is 33.1 Å². The standard InChI is InChI=1S/C9H11N2O8P/c12-5-1-2-11(9(15)10-5)8-7(14)6(13)4(19-8)3-18-20(16)17/h1-2,4,6-8,13-14H,3H2,(H-,10,12,15,16,17)/p+1/t4-,6?,7?,8-/m0/s1. The molecule has 1 saturated heterocycles. The van der Waals surface area contributed by atoms with Crippen LogP contribution in [0, 0.1) is 0 Å². The zero-order chi connectivity index (χ0) is 14.9. The summed E-state index contributed by atoms with van der Waals surface area (Å²) in [6.45, 7) is -0.432. The second kappa shape index (κ2) is 5.92. The summed E-state index contributed by atoms with van der Waals surface area (Å²) >= 11 is 0. The maximum atomic E-state index is 11.6. The lowest BCUT2D eigenvalue weighted by Gasteiger charge is -2.16. The van der Waals surface area contributed by atoms with E-state index in [0.29, 0.717) is 0 Å². The molecule has 0 saturated carbocycles. The predicted molar refractivity (Wildman–Crippen MR) is 63.0 cm³/mol. The summed E-state index contributed by atoms with van der Waals surface area (Å²) in [5.74, 6) is 0. The van der Waals surface area contributed by atoms with Gasteiger partial charge in [0.25, 0.3) is 5.56 Å². The molecule has 1 fully saturated rings. The van der Waals surface area contributed by atoms with Gasteiger partial charge >= 0.3 is 13.9 Å². The highest BCUT2D eigenvalue weighted by atomic mass is 31.1. The van der Waals surface area contributed by atoms with E-state index in [1.54, 1.807) is 0 Å². The van der Waals surface area contributed by atoms with E-state index in [-0.39, 0.29) is 0 Å². The molecule has 4 N–H and O–H groups in total. The highest BCUT2D eigenvalue weighted by Crippen LogP contribution is 2.29. The maximum absolute atomic E-state index is 11.6. The van der Waals surface area contributed by atoms with Gasteiger partial charge in [0.2, 0.25) is 0 Å². The predicted octanol–water partition coefficient (Wildman–Crippen LogP) is -2.18. The second-order valence-corrected chi connectivity index (χ2v) is 4.83. The number of rotatable bonds is 4. The van der Waals surface area contributed by atoms with E-state index in [4.69, 9.17) is 9.63 Å². The van der Waals surface area contributed by atoms with Crippen LogP contribution < -0.4 is 11.2 Å². The van der Waals surface area contributed by atoms with Gasteiger partial charge in [-0.25, -0.2) is 4.79 Å². The lowest BCUT2D eigenvalue weighted by Crippen LogP contribution is -2.37. The second-order valence-electron chi connectivity index (χ2n) is 4.10. The minimum Gasteiger partial charge on any atom is -0.387 e. The number of aliphatic hydroxyl groups is 2. The molecule has 2 heterocycles. The van der Waals surface area contributed by atoms with Gasteiger partial charge in [-0.2, -0.15) is 0 Å². The summed E-state index contributed by atoms with van der Waals surface area (Å²) in [5, 5.41) is 19.6. The number of aliphatic hydroxyl groups excluding tert-OH is 2. The topological polar surface area (TPSA) is 151 Å². The molecule has 11 heteroatoms. The van der Waals surface area contributed by atoms with E-state index in [1.807, 2.05) is 4.98 Å². The van der Waals surface area contributed by atoms with Gasteiger partial charge in [-0.15, -0.1) is 9.42 Å². The number of hydrogen-bond donors (Lipinski definition) is 4. The van der Waals surface area contributed by atoms with Crippen molar-refractivity contribution in [1.82, 2.24) is 9.55 Å². The number of nitrogens with zero attached hydrogens (tertiary/aromatic N) is 1. The fourth-order valence-electron chi connectivity index (χ4n) is 1.86. The quantitative estimate of drug-likeness (QED) is 0.458. The molecule has 1 aliphatic rings. The van der Waals surface area contributed by atoms with E-state index < -0.39 is 50.7 Å². The van der Waals surface area contributed by atoms with E-state index in [2.05, 4.69) is 4.52 Å². The van der Waals surface area contributed by atoms with Gasteiger partial charge in [-0.1, -0.05) is 0 Å². The first kappa shape index (κ1) is 15.0. The third-order valence-corrected chi connectivity index (χ3v) is 3.18. The van der Waals surface area contributed by atoms with Gasteiger partial charge in [0.15, 0.2) is 6.23 Å². The Labute approximate surface area is 112 Å². The lowest BCUT2D eigenvalue weighted by atomic mass is 10.1. The van der Waals surface area contributed by atoms with Crippen molar-refractivity contribution in [2.75, 3.05) is 6.61 Å². The van der Waals surface area contributed by atoms with E-state index in [0.717, 1.165) is 16.8 Å². The normalized spacial score (nSPS) is 30.4. The fourth-order valence-corrected chi connectivity index (χ4v) is 2.14. The summed E-state index contributed by atoms with van der Waals surface area (Å²) in [6, 6.07) is 1.05. The molecule has 2 rings (SSSR count). The van der Waals surface area contributed by atoms with Crippen LogP contribution in [0.25, 0.3) is 0 Å². The largest absolute Gasteiger partial charge is 0.694 e. The summed E-state index contributed by atoms with van der Waals surface area (Å²) < 4.78 is 20.9. The molecule has 1 aromatic rings. The van der Waals surface area contributed by atoms with Crippen LogP contribution in [-0.2, 0) is 13.8 Å². The fraction of sp³-hybridized carbons (Fsp3) is 0.556. The Balaban J connectivity index is 2.19. The van der Waals surface area contributed by atoms with Crippen LogP contribution in [0.15, 0.2) is 21.9 Å². The molecular formula is C9H12N2O8P+. The lowest BCUT2D eigenvalue weighted by molar-refractivity contribution is -0.0517. The molecule has 0 radical (unpaired) electrons. The molecule has 1 aliphatic heterocycles.